The van der Waals surface area contributed by atoms with Gasteiger partial charge in [0.2, 0.25) is 0 Å². The monoisotopic (exact) mass is 154 g/mol. The molecule has 0 saturated heterocycles. The molecule has 0 aliphatic rings. The lowest BCUT2D eigenvalue weighted by molar-refractivity contribution is 0.216. The Balaban J connectivity index is 2.41. The minimum Gasteiger partial charge on any atom is -0.469 e. The predicted molar refractivity (Wildman–Crippen MR) is 43.3 cm³/mol. The maximum Gasteiger partial charge on any atom is 0.104 e. The van der Waals surface area contributed by atoms with Crippen molar-refractivity contribution in [3.8, 4) is 0 Å². The first kappa shape index (κ1) is 8.34. The normalized spacial score (nSPS) is 13.3. The zero-order chi connectivity index (χ0) is 8.10. The van der Waals surface area contributed by atoms with E-state index in [1.165, 1.54) is 0 Å². The fourth-order valence-corrected chi connectivity index (χ4v) is 1.05. The van der Waals surface area contributed by atoms with Gasteiger partial charge in [0.25, 0.3) is 0 Å². The molecule has 1 N–H and O–H groups in total. The van der Waals surface area contributed by atoms with Crippen LogP contribution in [0.15, 0.2) is 22.8 Å². The Hall–Kier alpha value is -0.760. The van der Waals surface area contributed by atoms with Gasteiger partial charge in [-0.25, -0.2) is 0 Å². The van der Waals surface area contributed by atoms with Crippen LogP contribution in [0.4, 0.5) is 0 Å². The molecule has 0 amide bonds. The van der Waals surface area contributed by atoms with Crippen LogP contribution in [-0.2, 0) is 6.42 Å². The third kappa shape index (κ3) is 2.39. The van der Waals surface area contributed by atoms with Crippen molar-refractivity contribution < 1.29 is 9.52 Å². The minimum atomic E-state index is 0.247. The third-order valence-electron chi connectivity index (χ3n) is 1.91. The Bertz CT molecular complexity index is 175. The molecule has 2 heteroatoms. The van der Waals surface area contributed by atoms with E-state index in [1.807, 2.05) is 12.1 Å². The highest BCUT2D eigenvalue weighted by atomic mass is 16.3. The quantitative estimate of drug-likeness (QED) is 0.717. The number of rotatable bonds is 4. The van der Waals surface area contributed by atoms with Crippen LogP contribution in [0.3, 0.4) is 0 Å². The third-order valence-corrected chi connectivity index (χ3v) is 1.91. The number of hydrogen-bond donors (Lipinski definition) is 1. The van der Waals surface area contributed by atoms with E-state index in [9.17, 15) is 0 Å². The smallest absolute Gasteiger partial charge is 0.104 e. The van der Waals surface area contributed by atoms with Crippen LogP contribution in [0.2, 0.25) is 0 Å². The standard InChI is InChI=1S/C9H14O2/c1-2-8(7-10)6-9-4-3-5-11-9/h3-5,8,10H,2,6-7H2,1H3. The van der Waals surface area contributed by atoms with Gasteiger partial charge >= 0.3 is 0 Å². The number of furan rings is 1. The van der Waals surface area contributed by atoms with E-state index < -0.39 is 0 Å². The van der Waals surface area contributed by atoms with Crippen LogP contribution >= 0.6 is 0 Å². The Labute approximate surface area is 66.8 Å². The maximum atomic E-state index is 8.88. The van der Waals surface area contributed by atoms with Gasteiger partial charge in [-0.15, -0.1) is 0 Å². The summed E-state index contributed by atoms with van der Waals surface area (Å²) in [7, 11) is 0. The highest BCUT2D eigenvalue weighted by Gasteiger charge is 2.06. The van der Waals surface area contributed by atoms with E-state index >= 15 is 0 Å². The SMILES string of the molecule is CCC(CO)Cc1ccco1. The van der Waals surface area contributed by atoms with Crippen LogP contribution in [0.25, 0.3) is 0 Å². The van der Waals surface area contributed by atoms with Gasteiger partial charge in [-0.2, -0.15) is 0 Å². The molecule has 0 fully saturated rings. The Morgan fingerprint density at radius 3 is 2.91 bits per heavy atom. The van der Waals surface area contributed by atoms with Crippen molar-refractivity contribution in [1.82, 2.24) is 0 Å². The van der Waals surface area contributed by atoms with Crippen LogP contribution < -0.4 is 0 Å². The average molecular weight is 154 g/mol. The van der Waals surface area contributed by atoms with Crippen molar-refractivity contribution >= 4 is 0 Å². The summed E-state index contributed by atoms with van der Waals surface area (Å²) >= 11 is 0. The number of aliphatic hydroxyl groups is 1. The largest absolute Gasteiger partial charge is 0.469 e. The Morgan fingerprint density at radius 2 is 2.45 bits per heavy atom. The first-order valence-corrected chi connectivity index (χ1v) is 4.00. The minimum absolute atomic E-state index is 0.247. The fourth-order valence-electron chi connectivity index (χ4n) is 1.05. The predicted octanol–water partition coefficient (Wildman–Crippen LogP) is 1.84. The fraction of sp³-hybridized carbons (Fsp3) is 0.556. The van der Waals surface area contributed by atoms with Gasteiger partial charge in [0.1, 0.15) is 5.76 Å². The molecule has 11 heavy (non-hydrogen) atoms. The van der Waals surface area contributed by atoms with Crippen molar-refractivity contribution in [1.29, 1.82) is 0 Å². The van der Waals surface area contributed by atoms with Crippen molar-refractivity contribution in [3.05, 3.63) is 24.2 Å². The summed E-state index contributed by atoms with van der Waals surface area (Å²) in [5, 5.41) is 8.88. The first-order valence-electron chi connectivity index (χ1n) is 4.00. The molecule has 0 aliphatic carbocycles. The van der Waals surface area contributed by atoms with Gasteiger partial charge in [0.15, 0.2) is 0 Å². The molecule has 1 heterocycles. The van der Waals surface area contributed by atoms with Crippen molar-refractivity contribution in [3.63, 3.8) is 0 Å². The topological polar surface area (TPSA) is 33.4 Å². The Kier molecular flexibility index (Phi) is 3.17. The molecule has 1 unspecified atom stereocenters. The molecule has 1 aromatic rings. The van der Waals surface area contributed by atoms with Gasteiger partial charge in [0, 0.05) is 13.0 Å². The Morgan fingerprint density at radius 1 is 1.64 bits per heavy atom. The molecule has 1 aromatic heterocycles. The van der Waals surface area contributed by atoms with E-state index in [-0.39, 0.29) is 6.61 Å². The van der Waals surface area contributed by atoms with Gasteiger partial charge < -0.3 is 9.52 Å². The van der Waals surface area contributed by atoms with Crippen LogP contribution in [0, 0.1) is 5.92 Å². The lowest BCUT2D eigenvalue weighted by Gasteiger charge is -2.07. The van der Waals surface area contributed by atoms with Crippen molar-refractivity contribution in [2.75, 3.05) is 6.61 Å². The second kappa shape index (κ2) is 4.19. The highest BCUT2D eigenvalue weighted by molar-refractivity contribution is 4.99. The molecule has 0 saturated carbocycles. The van der Waals surface area contributed by atoms with E-state index in [2.05, 4.69) is 6.92 Å². The van der Waals surface area contributed by atoms with Crippen molar-refractivity contribution in [2.24, 2.45) is 5.92 Å². The van der Waals surface area contributed by atoms with Crippen LogP contribution in [0.5, 0.6) is 0 Å². The first-order chi connectivity index (χ1) is 5.36. The highest BCUT2D eigenvalue weighted by Crippen LogP contribution is 2.11. The number of aliphatic hydroxyl groups excluding tert-OH is 1. The summed E-state index contributed by atoms with van der Waals surface area (Å²) in [6.45, 7) is 2.32. The zero-order valence-corrected chi connectivity index (χ0v) is 6.79. The maximum absolute atomic E-state index is 8.88. The van der Waals surface area contributed by atoms with Gasteiger partial charge in [0.05, 0.1) is 6.26 Å². The molecule has 0 aliphatic heterocycles. The molecule has 2 nitrogen and oxygen atoms in total. The van der Waals surface area contributed by atoms with Gasteiger partial charge in [-0.3, -0.25) is 0 Å². The summed E-state index contributed by atoms with van der Waals surface area (Å²) in [5.41, 5.74) is 0. The lowest BCUT2D eigenvalue weighted by atomic mass is 10.0. The molecule has 62 valence electrons. The molecule has 1 atom stereocenters. The van der Waals surface area contributed by atoms with Gasteiger partial charge in [-0.1, -0.05) is 13.3 Å². The van der Waals surface area contributed by atoms with E-state index in [4.69, 9.17) is 9.52 Å². The molecule has 0 bridgehead atoms. The summed E-state index contributed by atoms with van der Waals surface area (Å²) < 4.78 is 5.16. The summed E-state index contributed by atoms with van der Waals surface area (Å²) in [4.78, 5) is 0. The molecular weight excluding hydrogens is 140 g/mol. The average Bonchev–Trinajstić information content (AvgIpc) is 2.52. The lowest BCUT2D eigenvalue weighted by Crippen LogP contribution is -2.07. The van der Waals surface area contributed by atoms with Crippen LogP contribution in [0.1, 0.15) is 19.1 Å². The van der Waals surface area contributed by atoms with E-state index in [0.717, 1.165) is 18.6 Å². The molecule has 0 radical (unpaired) electrons. The van der Waals surface area contributed by atoms with E-state index in [0.29, 0.717) is 5.92 Å². The summed E-state index contributed by atoms with van der Waals surface area (Å²) in [6, 6.07) is 3.82. The van der Waals surface area contributed by atoms with E-state index in [1.54, 1.807) is 6.26 Å². The van der Waals surface area contributed by atoms with Crippen LogP contribution in [-0.4, -0.2) is 11.7 Å². The summed E-state index contributed by atoms with van der Waals surface area (Å²) in [5.74, 6) is 1.31. The summed E-state index contributed by atoms with van der Waals surface area (Å²) in [6.07, 6.45) is 3.51. The molecule has 0 aromatic carbocycles. The van der Waals surface area contributed by atoms with Crippen molar-refractivity contribution in [2.45, 2.75) is 19.8 Å². The molecular formula is C9H14O2. The number of hydrogen-bond acceptors (Lipinski definition) is 2. The molecule has 0 spiro atoms. The molecule has 1 rings (SSSR count). The zero-order valence-electron chi connectivity index (χ0n) is 6.79. The van der Waals surface area contributed by atoms with Gasteiger partial charge in [-0.05, 0) is 18.1 Å². The second-order valence-corrected chi connectivity index (χ2v) is 2.74. The second-order valence-electron chi connectivity index (χ2n) is 2.74.